The van der Waals surface area contributed by atoms with E-state index in [0.717, 1.165) is 45.1 Å². The number of carbonyl (C=O) groups excluding carboxylic acids is 4. The van der Waals surface area contributed by atoms with Gasteiger partial charge in [-0.1, -0.05) is 40.2 Å². The van der Waals surface area contributed by atoms with Crippen LogP contribution in [0.3, 0.4) is 0 Å². The SMILES string of the molecule is C/C(=C\[C@H](C(C)C)N(C)C(=O)C(NC(=O)[C@H]1CCCCN1C)C(C)C)C(=O)N1CCC[C@H]1C(=O)OCC1CC1. The second-order valence-corrected chi connectivity index (χ2v) is 12.5. The number of likely N-dealkylation sites (N-methyl/N-ethyl adjacent to an activating group) is 2. The molecule has 9 nitrogen and oxygen atoms in total. The van der Waals surface area contributed by atoms with Gasteiger partial charge in [0.25, 0.3) is 0 Å². The van der Waals surface area contributed by atoms with E-state index in [9.17, 15) is 19.2 Å². The predicted octanol–water partition coefficient (Wildman–Crippen LogP) is 2.99. The molecular formula is C30H50N4O5. The molecule has 39 heavy (non-hydrogen) atoms. The Labute approximate surface area is 234 Å². The molecule has 1 unspecified atom stereocenters. The number of rotatable bonds is 11. The molecule has 3 fully saturated rings. The zero-order valence-electron chi connectivity index (χ0n) is 25.1. The van der Waals surface area contributed by atoms with Gasteiger partial charge in [0.05, 0.1) is 18.7 Å². The fourth-order valence-electron chi connectivity index (χ4n) is 5.68. The van der Waals surface area contributed by atoms with Crippen molar-refractivity contribution in [1.82, 2.24) is 20.0 Å². The van der Waals surface area contributed by atoms with Crippen LogP contribution in [0.15, 0.2) is 11.6 Å². The topological polar surface area (TPSA) is 99.3 Å². The summed E-state index contributed by atoms with van der Waals surface area (Å²) in [6, 6.07) is -1.77. The Kier molecular flexibility index (Phi) is 11.0. The van der Waals surface area contributed by atoms with Gasteiger partial charge in [0.15, 0.2) is 0 Å². The van der Waals surface area contributed by atoms with E-state index in [1.54, 1.807) is 23.8 Å². The van der Waals surface area contributed by atoms with Gasteiger partial charge in [-0.2, -0.15) is 0 Å². The minimum atomic E-state index is -0.660. The molecule has 220 valence electrons. The predicted molar refractivity (Wildman–Crippen MR) is 151 cm³/mol. The van der Waals surface area contributed by atoms with Crippen LogP contribution in [-0.2, 0) is 23.9 Å². The molecule has 2 aliphatic heterocycles. The lowest BCUT2D eigenvalue weighted by Crippen LogP contribution is -2.57. The summed E-state index contributed by atoms with van der Waals surface area (Å²) in [5, 5.41) is 3.04. The highest BCUT2D eigenvalue weighted by molar-refractivity contribution is 5.96. The molecule has 2 heterocycles. The van der Waals surface area contributed by atoms with E-state index in [0.29, 0.717) is 31.1 Å². The van der Waals surface area contributed by atoms with E-state index in [1.165, 1.54) is 0 Å². The second-order valence-electron chi connectivity index (χ2n) is 12.5. The van der Waals surface area contributed by atoms with Gasteiger partial charge in [-0.05, 0) is 76.8 Å². The smallest absolute Gasteiger partial charge is 0.328 e. The largest absolute Gasteiger partial charge is 0.464 e. The number of amides is 3. The van der Waals surface area contributed by atoms with Gasteiger partial charge >= 0.3 is 5.97 Å². The monoisotopic (exact) mass is 546 g/mol. The van der Waals surface area contributed by atoms with Crippen LogP contribution < -0.4 is 5.32 Å². The number of nitrogens with zero attached hydrogens (tertiary/aromatic N) is 3. The maximum atomic E-state index is 13.7. The van der Waals surface area contributed by atoms with E-state index in [1.807, 2.05) is 40.8 Å². The minimum Gasteiger partial charge on any atom is -0.464 e. The van der Waals surface area contributed by atoms with Crippen molar-refractivity contribution in [1.29, 1.82) is 0 Å². The van der Waals surface area contributed by atoms with Gasteiger partial charge in [0, 0.05) is 19.2 Å². The fraction of sp³-hybridized carbons (Fsp3) is 0.800. The first-order valence-electron chi connectivity index (χ1n) is 14.9. The summed E-state index contributed by atoms with van der Waals surface area (Å²) < 4.78 is 5.49. The van der Waals surface area contributed by atoms with E-state index < -0.39 is 12.1 Å². The number of likely N-dealkylation sites (tertiary alicyclic amines) is 2. The summed E-state index contributed by atoms with van der Waals surface area (Å²) in [6.07, 6.45) is 8.29. The second kappa shape index (κ2) is 13.8. The summed E-state index contributed by atoms with van der Waals surface area (Å²) in [6.45, 7) is 11.5. The molecule has 0 aromatic rings. The van der Waals surface area contributed by atoms with Gasteiger partial charge in [-0.25, -0.2) is 4.79 Å². The minimum absolute atomic E-state index is 0.0348. The van der Waals surface area contributed by atoms with E-state index >= 15 is 0 Å². The molecule has 2 saturated heterocycles. The molecule has 1 saturated carbocycles. The summed E-state index contributed by atoms with van der Waals surface area (Å²) in [5.41, 5.74) is 0.504. The number of carbonyl (C=O) groups is 4. The lowest BCUT2D eigenvalue weighted by Gasteiger charge is -2.36. The van der Waals surface area contributed by atoms with Gasteiger partial charge < -0.3 is 19.9 Å². The van der Waals surface area contributed by atoms with Gasteiger partial charge in [-0.15, -0.1) is 0 Å². The third kappa shape index (κ3) is 8.05. The molecule has 0 spiro atoms. The molecule has 1 aliphatic carbocycles. The van der Waals surface area contributed by atoms with Crippen LogP contribution in [0.2, 0.25) is 0 Å². The van der Waals surface area contributed by atoms with Crippen molar-refractivity contribution in [2.45, 2.75) is 104 Å². The Balaban J connectivity index is 1.70. The van der Waals surface area contributed by atoms with Crippen molar-refractivity contribution in [2.24, 2.45) is 17.8 Å². The normalized spacial score (nSPS) is 24.0. The zero-order chi connectivity index (χ0) is 28.9. The Morgan fingerprint density at radius 2 is 1.62 bits per heavy atom. The van der Waals surface area contributed by atoms with Crippen LogP contribution in [0.4, 0.5) is 0 Å². The average molecular weight is 547 g/mol. The maximum absolute atomic E-state index is 13.7. The fourth-order valence-corrected chi connectivity index (χ4v) is 5.68. The molecular weight excluding hydrogens is 496 g/mol. The van der Waals surface area contributed by atoms with Crippen LogP contribution in [0.5, 0.6) is 0 Å². The number of hydrogen-bond acceptors (Lipinski definition) is 6. The van der Waals surface area contributed by atoms with Crippen molar-refractivity contribution in [2.75, 3.05) is 33.8 Å². The van der Waals surface area contributed by atoms with Crippen molar-refractivity contribution in [3.63, 3.8) is 0 Å². The van der Waals surface area contributed by atoms with Crippen molar-refractivity contribution < 1.29 is 23.9 Å². The first-order chi connectivity index (χ1) is 18.4. The van der Waals surface area contributed by atoms with Gasteiger partial charge in [0.2, 0.25) is 17.7 Å². The van der Waals surface area contributed by atoms with Gasteiger partial charge in [-0.3, -0.25) is 19.3 Å². The number of esters is 1. The standard InChI is InChI=1S/C30H50N4O5/c1-19(2)25(17-21(5)28(36)34-16-10-12-24(34)30(38)39-18-22-13-14-22)33(7)29(37)26(20(3)4)31-27(35)23-11-8-9-15-32(23)6/h17,19-20,22-26H,8-16,18H2,1-7H3,(H,31,35)/b21-17+/t23-,24+,25-,26?/m1/s1. The molecule has 0 radical (unpaired) electrons. The van der Waals surface area contributed by atoms with Crippen LogP contribution in [0.25, 0.3) is 0 Å². The van der Waals surface area contributed by atoms with E-state index in [4.69, 9.17) is 4.74 Å². The van der Waals surface area contributed by atoms with Crippen LogP contribution >= 0.6 is 0 Å². The Hall–Kier alpha value is -2.42. The Morgan fingerprint density at radius 1 is 0.949 bits per heavy atom. The lowest BCUT2D eigenvalue weighted by atomic mass is 9.96. The molecule has 9 heteroatoms. The summed E-state index contributed by atoms with van der Waals surface area (Å²) in [5.74, 6) is -0.362. The van der Waals surface area contributed by atoms with Crippen molar-refractivity contribution >= 4 is 23.7 Å². The molecule has 3 rings (SSSR count). The van der Waals surface area contributed by atoms with Gasteiger partial charge in [0.1, 0.15) is 12.1 Å². The van der Waals surface area contributed by atoms with E-state index in [2.05, 4.69) is 10.2 Å². The summed E-state index contributed by atoms with van der Waals surface area (Å²) in [4.78, 5) is 58.3. The number of nitrogens with one attached hydrogen (secondary N) is 1. The third-order valence-electron chi connectivity index (χ3n) is 8.48. The number of hydrogen-bond donors (Lipinski definition) is 1. The Morgan fingerprint density at radius 3 is 2.21 bits per heavy atom. The highest BCUT2D eigenvalue weighted by Crippen LogP contribution is 2.30. The molecule has 0 aromatic carbocycles. The average Bonchev–Trinajstić information content (AvgIpc) is 3.60. The van der Waals surface area contributed by atoms with E-state index in [-0.39, 0.29) is 47.6 Å². The van der Waals surface area contributed by atoms with Crippen LogP contribution in [0, 0.1) is 17.8 Å². The number of piperidine rings is 1. The molecule has 3 aliphatic rings. The molecule has 3 amide bonds. The zero-order valence-corrected chi connectivity index (χ0v) is 25.1. The lowest BCUT2D eigenvalue weighted by molar-refractivity contribution is -0.152. The maximum Gasteiger partial charge on any atom is 0.328 e. The van der Waals surface area contributed by atoms with Crippen LogP contribution in [-0.4, -0.2) is 96.3 Å². The molecule has 4 atom stereocenters. The number of ether oxygens (including phenoxy) is 1. The first kappa shape index (κ1) is 31.1. The molecule has 0 aromatic heterocycles. The highest BCUT2D eigenvalue weighted by atomic mass is 16.5. The summed E-state index contributed by atoms with van der Waals surface area (Å²) >= 11 is 0. The molecule has 0 bridgehead atoms. The quantitative estimate of drug-likeness (QED) is 0.316. The molecule has 1 N–H and O–H groups in total. The highest BCUT2D eigenvalue weighted by Gasteiger charge is 2.38. The Bertz CT molecular complexity index is 928. The van der Waals surface area contributed by atoms with Crippen molar-refractivity contribution in [3.05, 3.63) is 11.6 Å². The van der Waals surface area contributed by atoms with Crippen LogP contribution in [0.1, 0.15) is 79.6 Å². The first-order valence-corrected chi connectivity index (χ1v) is 14.9. The third-order valence-corrected chi connectivity index (χ3v) is 8.48. The van der Waals surface area contributed by atoms with Crippen molar-refractivity contribution in [3.8, 4) is 0 Å². The summed E-state index contributed by atoms with van der Waals surface area (Å²) in [7, 11) is 3.70.